The van der Waals surface area contributed by atoms with Crippen LogP contribution in [0, 0.1) is 0 Å². The van der Waals surface area contributed by atoms with Gasteiger partial charge in [0.25, 0.3) is 5.91 Å². The van der Waals surface area contributed by atoms with Gasteiger partial charge in [-0.1, -0.05) is 60.3 Å². The average molecular weight is 498 g/mol. The average Bonchev–Trinajstić information content (AvgIpc) is 3.31. The van der Waals surface area contributed by atoms with Crippen molar-refractivity contribution in [2.45, 2.75) is 17.6 Å². The summed E-state index contributed by atoms with van der Waals surface area (Å²) in [5.41, 5.74) is 1.26. The topological polar surface area (TPSA) is 35.9 Å². The molecule has 9 heteroatoms. The molecule has 5 rings (SSSR count). The summed E-state index contributed by atoms with van der Waals surface area (Å²) in [6.07, 6.45) is -4.47. The van der Waals surface area contributed by atoms with Crippen molar-refractivity contribution in [2.24, 2.45) is 4.99 Å². The van der Waals surface area contributed by atoms with Crippen molar-refractivity contribution in [2.75, 3.05) is 11.9 Å². The Labute approximate surface area is 203 Å². The molecule has 4 nitrogen and oxygen atoms in total. The van der Waals surface area contributed by atoms with Crippen LogP contribution in [0.5, 0.6) is 0 Å². The van der Waals surface area contributed by atoms with E-state index in [0.717, 1.165) is 33.3 Å². The highest BCUT2D eigenvalue weighted by atomic mass is 32.2. The van der Waals surface area contributed by atoms with Crippen molar-refractivity contribution < 1.29 is 18.0 Å². The summed E-state index contributed by atoms with van der Waals surface area (Å²) >= 11 is 2.69. The number of para-hydroxylation sites is 1. The van der Waals surface area contributed by atoms with Gasteiger partial charge in [-0.05, 0) is 47.7 Å². The maximum Gasteiger partial charge on any atom is 0.416 e. The SMILES string of the molecule is CN1C(=C2SC(=Nc3cccc(C(F)(F)F)c3)N(Cc3ccccc3)C2=O)Sc2ccccc21. The molecule has 0 spiro atoms. The molecule has 1 fully saturated rings. The van der Waals surface area contributed by atoms with Crippen LogP contribution in [-0.4, -0.2) is 23.0 Å². The maximum atomic E-state index is 13.6. The molecule has 2 aliphatic rings. The third-order valence-electron chi connectivity index (χ3n) is 5.38. The number of aliphatic imine (C=N–C) groups is 1. The van der Waals surface area contributed by atoms with Crippen LogP contribution in [0.2, 0.25) is 0 Å². The largest absolute Gasteiger partial charge is 0.416 e. The molecule has 0 bridgehead atoms. The summed E-state index contributed by atoms with van der Waals surface area (Å²) in [5.74, 6) is -0.221. The number of rotatable bonds is 3. The van der Waals surface area contributed by atoms with Crippen molar-refractivity contribution in [1.29, 1.82) is 0 Å². The van der Waals surface area contributed by atoms with Gasteiger partial charge in [-0.3, -0.25) is 9.69 Å². The first-order valence-corrected chi connectivity index (χ1v) is 12.0. The third-order valence-corrected chi connectivity index (χ3v) is 7.81. The number of alkyl halides is 3. The van der Waals surface area contributed by atoms with Gasteiger partial charge >= 0.3 is 6.18 Å². The van der Waals surface area contributed by atoms with Crippen LogP contribution in [0.4, 0.5) is 24.5 Å². The first-order chi connectivity index (χ1) is 16.3. The predicted octanol–water partition coefficient (Wildman–Crippen LogP) is 6.88. The van der Waals surface area contributed by atoms with E-state index in [9.17, 15) is 18.0 Å². The van der Waals surface area contributed by atoms with Crippen LogP contribution in [-0.2, 0) is 17.5 Å². The lowest BCUT2D eigenvalue weighted by Gasteiger charge is -2.17. The predicted molar refractivity (Wildman–Crippen MR) is 131 cm³/mol. The molecular formula is C25H18F3N3OS2. The van der Waals surface area contributed by atoms with Gasteiger partial charge in [-0.2, -0.15) is 13.2 Å². The monoisotopic (exact) mass is 497 g/mol. The number of hydrogen-bond acceptors (Lipinski definition) is 5. The van der Waals surface area contributed by atoms with Crippen LogP contribution in [0.15, 0.2) is 98.7 Å². The van der Waals surface area contributed by atoms with Crippen molar-refractivity contribution in [3.8, 4) is 0 Å². The van der Waals surface area contributed by atoms with E-state index in [1.165, 1.54) is 40.6 Å². The van der Waals surface area contributed by atoms with Gasteiger partial charge in [0.1, 0.15) is 4.91 Å². The minimum Gasteiger partial charge on any atom is -0.337 e. The molecule has 3 aromatic carbocycles. The molecule has 0 unspecified atom stereocenters. The van der Waals surface area contributed by atoms with Gasteiger partial charge in [0.15, 0.2) is 5.17 Å². The smallest absolute Gasteiger partial charge is 0.337 e. The van der Waals surface area contributed by atoms with E-state index in [2.05, 4.69) is 4.99 Å². The fraction of sp³-hybridized carbons (Fsp3) is 0.120. The van der Waals surface area contributed by atoms with E-state index in [1.807, 2.05) is 66.5 Å². The Balaban J connectivity index is 1.56. The number of carbonyl (C=O) groups is 1. The zero-order valence-electron chi connectivity index (χ0n) is 17.9. The van der Waals surface area contributed by atoms with E-state index >= 15 is 0 Å². The molecule has 0 radical (unpaired) electrons. The van der Waals surface area contributed by atoms with Gasteiger partial charge in [0.2, 0.25) is 0 Å². The number of thioether (sulfide) groups is 2. The highest BCUT2D eigenvalue weighted by Crippen LogP contribution is 2.50. The van der Waals surface area contributed by atoms with Crippen LogP contribution in [0.3, 0.4) is 0 Å². The molecule has 172 valence electrons. The quantitative estimate of drug-likeness (QED) is 0.370. The lowest BCUT2D eigenvalue weighted by atomic mass is 10.2. The zero-order chi connectivity index (χ0) is 23.9. The Kier molecular flexibility index (Phi) is 5.91. The summed E-state index contributed by atoms with van der Waals surface area (Å²) in [4.78, 5) is 23.1. The fourth-order valence-electron chi connectivity index (χ4n) is 3.69. The Morgan fingerprint density at radius 1 is 0.912 bits per heavy atom. The Morgan fingerprint density at radius 3 is 2.38 bits per heavy atom. The number of benzene rings is 3. The fourth-order valence-corrected chi connectivity index (χ4v) is 6.03. The standard InChI is InChI=1S/C25H18F3N3OS2/c1-30-19-12-5-6-13-20(19)33-23(30)21-22(32)31(15-16-8-3-2-4-9-16)24(34-21)29-18-11-7-10-17(14-18)25(26,27)28/h2-14H,15H2,1H3. The molecule has 3 aromatic rings. The van der Waals surface area contributed by atoms with E-state index in [1.54, 1.807) is 0 Å². The number of nitrogens with zero attached hydrogens (tertiary/aromatic N) is 3. The van der Waals surface area contributed by atoms with Gasteiger partial charge in [0, 0.05) is 11.9 Å². The first kappa shape index (κ1) is 22.6. The van der Waals surface area contributed by atoms with Gasteiger partial charge in [-0.25, -0.2) is 4.99 Å². The molecule has 0 saturated carbocycles. The summed E-state index contributed by atoms with van der Waals surface area (Å²) in [6, 6.07) is 22.1. The Hall–Kier alpha value is -3.17. The third kappa shape index (κ3) is 4.33. The lowest BCUT2D eigenvalue weighted by Crippen LogP contribution is -2.29. The number of amidine groups is 1. The van der Waals surface area contributed by atoms with E-state index in [0.29, 0.717) is 10.1 Å². The molecule has 34 heavy (non-hydrogen) atoms. The summed E-state index contributed by atoms with van der Waals surface area (Å²) in [5, 5.41) is 1.13. The van der Waals surface area contributed by atoms with Crippen molar-refractivity contribution >= 4 is 46.0 Å². The van der Waals surface area contributed by atoms with E-state index in [-0.39, 0.29) is 18.1 Å². The molecular weight excluding hydrogens is 479 g/mol. The molecule has 0 aliphatic carbocycles. The summed E-state index contributed by atoms with van der Waals surface area (Å²) < 4.78 is 39.6. The molecule has 2 heterocycles. The minimum absolute atomic E-state index is 0.144. The van der Waals surface area contributed by atoms with Crippen LogP contribution in [0.25, 0.3) is 0 Å². The van der Waals surface area contributed by atoms with Crippen LogP contribution < -0.4 is 4.90 Å². The lowest BCUT2D eigenvalue weighted by molar-refractivity contribution is -0.137. The number of amides is 1. The van der Waals surface area contributed by atoms with Crippen LogP contribution in [0.1, 0.15) is 11.1 Å². The van der Waals surface area contributed by atoms with Crippen molar-refractivity contribution in [3.05, 3.63) is 99.9 Å². The van der Waals surface area contributed by atoms with E-state index in [4.69, 9.17) is 0 Å². The minimum atomic E-state index is -4.47. The van der Waals surface area contributed by atoms with Gasteiger partial charge in [-0.15, -0.1) is 0 Å². The molecule has 0 atom stereocenters. The highest BCUT2D eigenvalue weighted by Gasteiger charge is 2.39. The Bertz CT molecular complexity index is 1320. The molecule has 1 saturated heterocycles. The Morgan fingerprint density at radius 2 is 1.65 bits per heavy atom. The van der Waals surface area contributed by atoms with Crippen molar-refractivity contribution in [3.63, 3.8) is 0 Å². The van der Waals surface area contributed by atoms with Crippen LogP contribution >= 0.6 is 23.5 Å². The normalized spacial score (nSPS) is 19.3. The van der Waals surface area contributed by atoms with E-state index < -0.39 is 11.7 Å². The molecule has 0 aromatic heterocycles. The second-order valence-electron chi connectivity index (χ2n) is 7.68. The molecule has 0 N–H and O–H groups in total. The van der Waals surface area contributed by atoms with Gasteiger partial charge in [0.05, 0.1) is 28.5 Å². The highest BCUT2D eigenvalue weighted by molar-refractivity contribution is 8.19. The van der Waals surface area contributed by atoms with Gasteiger partial charge < -0.3 is 4.90 Å². The number of fused-ring (bicyclic) bond motifs is 1. The molecule has 1 amide bonds. The summed E-state index contributed by atoms with van der Waals surface area (Å²) in [7, 11) is 1.90. The maximum absolute atomic E-state index is 13.6. The second-order valence-corrected chi connectivity index (χ2v) is 9.69. The summed E-state index contributed by atoms with van der Waals surface area (Å²) in [6.45, 7) is 0.266. The number of hydrogen-bond donors (Lipinski definition) is 0. The number of carbonyl (C=O) groups excluding carboxylic acids is 1. The zero-order valence-corrected chi connectivity index (χ0v) is 19.5. The number of halogens is 3. The number of anilines is 1. The second kappa shape index (κ2) is 8.88. The first-order valence-electron chi connectivity index (χ1n) is 10.4. The van der Waals surface area contributed by atoms with Crippen molar-refractivity contribution in [1.82, 2.24) is 4.90 Å². The molecule has 2 aliphatic heterocycles.